The van der Waals surface area contributed by atoms with Crippen LogP contribution in [-0.2, 0) is 11.3 Å². The van der Waals surface area contributed by atoms with Gasteiger partial charge in [0.15, 0.2) is 0 Å². The van der Waals surface area contributed by atoms with Gasteiger partial charge in [0.05, 0.1) is 6.54 Å². The van der Waals surface area contributed by atoms with Crippen LogP contribution < -0.4 is 5.32 Å². The van der Waals surface area contributed by atoms with Crippen LogP contribution in [0.3, 0.4) is 0 Å². The van der Waals surface area contributed by atoms with Gasteiger partial charge in [0.1, 0.15) is 11.2 Å². The molecule has 6 heteroatoms. The predicted octanol–water partition coefficient (Wildman–Crippen LogP) is 3.65. The summed E-state index contributed by atoms with van der Waals surface area (Å²) in [6.07, 6.45) is 5.65. The number of benzene rings is 1. The second-order valence-corrected chi connectivity index (χ2v) is 9.24. The highest BCUT2D eigenvalue weighted by molar-refractivity contribution is 6.03. The first-order valence-corrected chi connectivity index (χ1v) is 11.9. The van der Waals surface area contributed by atoms with Crippen molar-refractivity contribution in [2.24, 2.45) is 0 Å². The zero-order valence-corrected chi connectivity index (χ0v) is 19.2. The highest BCUT2D eigenvalue weighted by Crippen LogP contribution is 2.32. The summed E-state index contributed by atoms with van der Waals surface area (Å²) < 4.78 is 2.05. The fourth-order valence-corrected chi connectivity index (χ4v) is 5.23. The maximum absolute atomic E-state index is 13.7. The monoisotopic (exact) mass is 424 g/mol. The molecule has 2 aliphatic rings. The summed E-state index contributed by atoms with van der Waals surface area (Å²) in [4.78, 5) is 31.5. The zero-order valence-electron chi connectivity index (χ0n) is 19.2. The minimum absolute atomic E-state index is 0.0178. The lowest BCUT2D eigenvalue weighted by Crippen LogP contribution is -2.65. The molecule has 0 spiro atoms. The number of carbonyl (C=O) groups is 2. The summed E-state index contributed by atoms with van der Waals surface area (Å²) in [5, 5.41) is 4.35. The van der Waals surface area contributed by atoms with E-state index < -0.39 is 5.54 Å². The SMILES string of the molecule is CCN(CC)CCN1C(=O)c2cc3ccccc3n2C[C@@]1(C)C(=O)NC1CCCCC1. The smallest absolute Gasteiger partial charge is 0.271 e. The van der Waals surface area contributed by atoms with Crippen LogP contribution in [0.25, 0.3) is 10.9 Å². The van der Waals surface area contributed by atoms with Crippen molar-refractivity contribution in [3.8, 4) is 0 Å². The van der Waals surface area contributed by atoms with E-state index >= 15 is 0 Å². The molecule has 1 N–H and O–H groups in total. The molecule has 1 aliphatic carbocycles. The quantitative estimate of drug-likeness (QED) is 0.738. The van der Waals surface area contributed by atoms with Crippen LogP contribution >= 0.6 is 0 Å². The summed E-state index contributed by atoms with van der Waals surface area (Å²) in [5.74, 6) is -0.0633. The summed E-state index contributed by atoms with van der Waals surface area (Å²) in [6, 6.07) is 10.3. The van der Waals surface area contributed by atoms with E-state index in [1.807, 2.05) is 46.7 Å². The standard InChI is InChI=1S/C25H36N4O2/c1-4-27(5-2)15-16-29-23(30)22-17-19-11-9-10-14-21(19)28(22)18-25(29,3)24(31)26-20-12-7-6-8-13-20/h9-11,14,17,20H,4-8,12-13,15-16,18H2,1-3H3,(H,26,31)/t25-/m0/s1. The van der Waals surface area contributed by atoms with E-state index in [1.165, 1.54) is 19.3 Å². The summed E-state index contributed by atoms with van der Waals surface area (Å²) >= 11 is 0. The first-order valence-electron chi connectivity index (χ1n) is 11.9. The molecule has 4 rings (SSSR count). The Balaban J connectivity index is 1.68. The van der Waals surface area contributed by atoms with E-state index in [9.17, 15) is 9.59 Å². The van der Waals surface area contributed by atoms with Gasteiger partial charge in [-0.15, -0.1) is 0 Å². The number of nitrogens with one attached hydrogen (secondary N) is 1. The third-order valence-electron chi connectivity index (χ3n) is 7.30. The van der Waals surface area contributed by atoms with E-state index in [2.05, 4.69) is 24.1 Å². The van der Waals surface area contributed by atoms with Gasteiger partial charge in [-0.3, -0.25) is 9.59 Å². The van der Waals surface area contributed by atoms with Crippen molar-refractivity contribution in [1.29, 1.82) is 0 Å². The molecule has 2 heterocycles. The Hall–Kier alpha value is -2.34. The normalized spacial score (nSPS) is 22.2. The zero-order chi connectivity index (χ0) is 22.0. The van der Waals surface area contributed by atoms with Crippen LogP contribution in [0.4, 0.5) is 0 Å². The van der Waals surface area contributed by atoms with Gasteiger partial charge in [-0.25, -0.2) is 0 Å². The lowest BCUT2D eigenvalue weighted by Gasteiger charge is -2.45. The van der Waals surface area contributed by atoms with Crippen molar-refractivity contribution < 1.29 is 9.59 Å². The number of rotatable bonds is 7. The second-order valence-electron chi connectivity index (χ2n) is 9.24. The molecule has 0 bridgehead atoms. The number of hydrogen-bond donors (Lipinski definition) is 1. The second kappa shape index (κ2) is 9.03. The Morgan fingerprint density at radius 3 is 2.58 bits per heavy atom. The van der Waals surface area contributed by atoms with Crippen molar-refractivity contribution in [3.63, 3.8) is 0 Å². The minimum atomic E-state index is -0.906. The molecule has 168 valence electrons. The molecule has 2 amide bonds. The molecule has 1 fully saturated rings. The number of para-hydroxylation sites is 1. The fourth-order valence-electron chi connectivity index (χ4n) is 5.23. The van der Waals surface area contributed by atoms with E-state index in [0.717, 1.165) is 43.4 Å². The minimum Gasteiger partial charge on any atom is -0.351 e. The fraction of sp³-hybridized carbons (Fsp3) is 0.600. The molecule has 1 saturated carbocycles. The molecule has 6 nitrogen and oxygen atoms in total. The molecular weight excluding hydrogens is 388 g/mol. The Morgan fingerprint density at radius 2 is 1.87 bits per heavy atom. The molecule has 1 aromatic carbocycles. The Bertz CT molecular complexity index is 942. The van der Waals surface area contributed by atoms with Gasteiger partial charge in [-0.2, -0.15) is 0 Å². The number of amides is 2. The van der Waals surface area contributed by atoms with Gasteiger partial charge in [-0.1, -0.05) is 51.3 Å². The van der Waals surface area contributed by atoms with Crippen molar-refractivity contribution in [1.82, 2.24) is 19.7 Å². The molecule has 2 aromatic rings. The van der Waals surface area contributed by atoms with Crippen molar-refractivity contribution in [2.75, 3.05) is 26.2 Å². The lowest BCUT2D eigenvalue weighted by atomic mass is 9.91. The maximum atomic E-state index is 13.7. The summed E-state index contributed by atoms with van der Waals surface area (Å²) in [5.41, 5.74) is 0.797. The third-order valence-corrected chi connectivity index (χ3v) is 7.30. The summed E-state index contributed by atoms with van der Waals surface area (Å²) in [7, 11) is 0. The molecular formula is C25H36N4O2. The molecule has 1 aliphatic heterocycles. The van der Waals surface area contributed by atoms with Crippen LogP contribution in [0, 0.1) is 0 Å². The van der Waals surface area contributed by atoms with E-state index in [1.54, 1.807) is 0 Å². The molecule has 1 aromatic heterocycles. The predicted molar refractivity (Wildman–Crippen MR) is 124 cm³/mol. The Kier molecular flexibility index (Phi) is 6.37. The number of fused-ring (bicyclic) bond motifs is 3. The molecule has 0 radical (unpaired) electrons. The van der Waals surface area contributed by atoms with Crippen LogP contribution in [0.15, 0.2) is 30.3 Å². The van der Waals surface area contributed by atoms with Crippen LogP contribution in [-0.4, -0.2) is 63.9 Å². The van der Waals surface area contributed by atoms with Gasteiger partial charge in [0.25, 0.3) is 5.91 Å². The maximum Gasteiger partial charge on any atom is 0.271 e. The lowest BCUT2D eigenvalue weighted by molar-refractivity contribution is -0.133. The molecule has 0 unspecified atom stereocenters. The average Bonchev–Trinajstić information content (AvgIpc) is 3.15. The van der Waals surface area contributed by atoms with Crippen LogP contribution in [0.2, 0.25) is 0 Å². The van der Waals surface area contributed by atoms with Gasteiger partial charge >= 0.3 is 0 Å². The average molecular weight is 425 g/mol. The van der Waals surface area contributed by atoms with Crippen molar-refractivity contribution in [2.45, 2.75) is 71.0 Å². The summed E-state index contributed by atoms with van der Waals surface area (Å²) in [6.45, 7) is 9.89. The van der Waals surface area contributed by atoms with Crippen LogP contribution in [0.1, 0.15) is 63.4 Å². The van der Waals surface area contributed by atoms with Gasteiger partial charge in [-0.05, 0) is 45.0 Å². The first-order chi connectivity index (χ1) is 15.0. The highest BCUT2D eigenvalue weighted by atomic mass is 16.2. The van der Waals surface area contributed by atoms with E-state index in [4.69, 9.17) is 0 Å². The molecule has 0 saturated heterocycles. The van der Waals surface area contributed by atoms with Crippen molar-refractivity contribution in [3.05, 3.63) is 36.0 Å². The van der Waals surface area contributed by atoms with Crippen LogP contribution in [0.5, 0.6) is 0 Å². The van der Waals surface area contributed by atoms with Gasteiger partial charge in [0, 0.05) is 30.0 Å². The number of likely N-dealkylation sites (N-methyl/N-ethyl adjacent to an activating group) is 1. The van der Waals surface area contributed by atoms with Gasteiger partial charge < -0.3 is 19.7 Å². The van der Waals surface area contributed by atoms with Crippen molar-refractivity contribution >= 4 is 22.7 Å². The number of aromatic nitrogens is 1. The molecule has 31 heavy (non-hydrogen) atoms. The Labute approximate surface area is 185 Å². The number of carbonyl (C=O) groups excluding carboxylic acids is 2. The number of nitrogens with zero attached hydrogens (tertiary/aromatic N) is 3. The van der Waals surface area contributed by atoms with Gasteiger partial charge in [0.2, 0.25) is 5.91 Å². The number of hydrogen-bond acceptors (Lipinski definition) is 3. The topological polar surface area (TPSA) is 57.6 Å². The van der Waals surface area contributed by atoms with E-state index in [0.29, 0.717) is 18.8 Å². The largest absolute Gasteiger partial charge is 0.351 e. The Morgan fingerprint density at radius 1 is 1.16 bits per heavy atom. The highest BCUT2D eigenvalue weighted by Gasteiger charge is 2.48. The first kappa shape index (κ1) is 21.9. The third kappa shape index (κ3) is 4.10. The van der Waals surface area contributed by atoms with E-state index in [-0.39, 0.29) is 17.9 Å². The molecule has 1 atom stereocenters.